The minimum atomic E-state index is -0.510. The number of phenolic OH excluding ortho intramolecular Hbond substituents is 6. The van der Waals surface area contributed by atoms with E-state index < -0.39 is 23.3 Å². The van der Waals surface area contributed by atoms with Gasteiger partial charge in [-0.1, -0.05) is 208 Å². The summed E-state index contributed by atoms with van der Waals surface area (Å²) in [7, 11) is 0. The molecule has 0 amide bonds. The van der Waals surface area contributed by atoms with Crippen LogP contribution >= 0.6 is 92.8 Å². The molecule has 0 spiro atoms. The van der Waals surface area contributed by atoms with Crippen molar-refractivity contribution in [1.82, 2.24) is 0 Å². The molecule has 5 heterocycles. The maximum absolute atomic E-state index is 11.5. The third-order valence-corrected chi connectivity index (χ3v) is 24.1. The van der Waals surface area contributed by atoms with Crippen molar-refractivity contribution < 1.29 is 97.2 Å². The number of phenols is 6. The lowest BCUT2D eigenvalue weighted by Crippen LogP contribution is -2.31. The van der Waals surface area contributed by atoms with E-state index in [-0.39, 0.29) is 112 Å². The average Bonchev–Trinajstić information content (AvgIpc) is 0.764. The second-order valence-electron chi connectivity index (χ2n) is 30.5. The number of aliphatic hydroxyl groups is 2. The zero-order valence-corrected chi connectivity index (χ0v) is 75.7. The van der Waals surface area contributed by atoms with Gasteiger partial charge in [-0.15, -0.1) is 0 Å². The summed E-state index contributed by atoms with van der Waals surface area (Å²) in [4.78, 5) is 56.7. The summed E-state index contributed by atoms with van der Waals surface area (Å²) >= 11 is 47.3. The molecule has 0 bridgehead atoms. The van der Waals surface area contributed by atoms with E-state index in [1.807, 2.05) is 128 Å². The molecule has 134 heavy (non-hydrogen) atoms. The third-order valence-electron chi connectivity index (χ3n) is 21.2. The van der Waals surface area contributed by atoms with Crippen molar-refractivity contribution in [2.75, 3.05) is 0 Å². The Morgan fingerprint density at radius 2 is 0.642 bits per heavy atom. The van der Waals surface area contributed by atoms with Crippen LogP contribution in [0.15, 0.2) is 296 Å². The highest BCUT2D eigenvalue weighted by Crippen LogP contribution is 2.52. The predicted octanol–water partition coefficient (Wildman–Crippen LogP) is 26.7. The molecule has 0 radical (unpaired) electrons. The number of allylic oxidation sites excluding steroid dienone is 2. The molecule has 0 saturated heterocycles. The van der Waals surface area contributed by atoms with Gasteiger partial charge >= 0.3 is 17.2 Å². The van der Waals surface area contributed by atoms with Crippen LogP contribution in [0.1, 0.15) is 29.2 Å². The Balaban J connectivity index is 0.000000115. The quantitative estimate of drug-likeness (QED) is 0.0461. The van der Waals surface area contributed by atoms with E-state index in [1.165, 1.54) is 66.8 Å². The smallest absolute Gasteiger partial charge is 0.336 e. The van der Waals surface area contributed by atoms with Crippen molar-refractivity contribution >= 4 is 189 Å². The zero-order valence-electron chi connectivity index (χ0n) is 69.6. The summed E-state index contributed by atoms with van der Waals surface area (Å²) in [6.07, 6.45) is 13.9. The van der Waals surface area contributed by atoms with E-state index in [1.54, 1.807) is 98.8 Å². The van der Waals surface area contributed by atoms with Crippen molar-refractivity contribution in [3.8, 4) is 103 Å². The molecule has 6 aliphatic rings. The van der Waals surface area contributed by atoms with E-state index >= 15 is 0 Å². The lowest BCUT2D eigenvalue weighted by Gasteiger charge is -2.29. The number of esters is 1. The maximum atomic E-state index is 11.5. The summed E-state index contributed by atoms with van der Waals surface area (Å²) < 4.78 is 49.6. The van der Waals surface area contributed by atoms with Gasteiger partial charge in [-0.05, 0) is 187 Å². The van der Waals surface area contributed by atoms with Crippen molar-refractivity contribution in [2.45, 2.75) is 26.9 Å². The van der Waals surface area contributed by atoms with Gasteiger partial charge in [0.2, 0.25) is 0 Å². The van der Waals surface area contributed by atoms with Crippen LogP contribution in [0.2, 0.25) is 40.2 Å². The van der Waals surface area contributed by atoms with Gasteiger partial charge in [0.15, 0.2) is 127 Å². The number of hydrogen-bond donors (Lipinski definition) is 8. The summed E-state index contributed by atoms with van der Waals surface area (Å²) in [6.45, 7) is 5.35. The second-order valence-corrected chi connectivity index (χ2v) is 33.7. The fraction of sp³-hybridized carbons (Fsp3) is 0.0481. The number of benzene rings is 14. The normalized spacial score (nSPS) is 14.3. The van der Waals surface area contributed by atoms with Gasteiger partial charge in [0.05, 0.1) is 40.2 Å². The van der Waals surface area contributed by atoms with E-state index in [0.29, 0.717) is 82.6 Å². The maximum Gasteiger partial charge on any atom is 0.336 e. The van der Waals surface area contributed by atoms with Crippen molar-refractivity contribution in [3.05, 3.63) is 382 Å². The Kier molecular flexibility index (Phi) is 27.0. The van der Waals surface area contributed by atoms with Gasteiger partial charge < -0.3 is 82.8 Å². The van der Waals surface area contributed by atoms with Crippen LogP contribution in [0, 0.1) is 30.2 Å². The molecule has 0 fully saturated rings. The fourth-order valence-electron chi connectivity index (χ4n) is 14.5. The van der Waals surface area contributed by atoms with Crippen LogP contribution in [-0.2, 0) is 19.1 Å². The summed E-state index contributed by atoms with van der Waals surface area (Å²) in [5, 5.41) is 90.4. The monoisotopic (exact) mass is 1950 g/mol. The SMILES string of the molecule is CC1=CC(=O)OC2C=C(O)C(O)=CC12.Cc1cc(=O)oc2cc(Oc3cc(Cl)c(Cl)cc3O)c(O)cc12.Cc1cc(=O)oc2cc3c(cc12)Oc1cc(Cl)c(Cl)cc1O3.Clc1cc2c(cc1Cl)Oc1cc3ccccc3cc1O2.O=C1C=Cc2c/c(=c3\ccc4c(c3)C=CC(=O)C=4)ccc2=C1.Oc1cc(Cl)c(Cl)cc1Oc1cc2ccccc2cc1O.Oc1cc2ccccc2cc1O. The molecular weight excluding hydrogens is 1880 g/mol. The predicted molar refractivity (Wildman–Crippen MR) is 518 cm³/mol. The Hall–Kier alpha value is -15.0. The largest absolute Gasteiger partial charge is 0.504 e. The van der Waals surface area contributed by atoms with Crippen LogP contribution in [0.3, 0.4) is 0 Å². The molecular formula is C104H66Cl8O22. The number of aryl methyl sites for hydroxylation is 2. The molecule has 22 rings (SSSR count). The topological polar surface area (TPSA) is 338 Å². The third kappa shape index (κ3) is 21.0. The van der Waals surface area contributed by atoms with Crippen molar-refractivity contribution in [2.24, 2.45) is 5.92 Å². The van der Waals surface area contributed by atoms with Crippen LogP contribution in [0.4, 0.5) is 0 Å². The van der Waals surface area contributed by atoms with Gasteiger partial charge in [-0.2, -0.15) is 0 Å². The summed E-state index contributed by atoms with van der Waals surface area (Å²) in [5.74, 6) is 3.06. The molecule has 2 aromatic heterocycles. The Morgan fingerprint density at radius 3 is 1.09 bits per heavy atom. The molecule has 670 valence electrons. The van der Waals surface area contributed by atoms with E-state index in [2.05, 4.69) is 12.1 Å². The van der Waals surface area contributed by atoms with Gasteiger partial charge in [0.1, 0.15) is 17.3 Å². The lowest BCUT2D eigenvalue weighted by molar-refractivity contribution is -0.143. The highest BCUT2D eigenvalue weighted by molar-refractivity contribution is 6.44. The first-order chi connectivity index (χ1) is 64.1. The van der Waals surface area contributed by atoms with Gasteiger partial charge in [0, 0.05) is 102 Å². The number of ether oxygens (including phenoxy) is 7. The number of aliphatic hydroxyl groups excluding tert-OH is 2. The molecule has 3 aliphatic carbocycles. The van der Waals surface area contributed by atoms with Gasteiger partial charge in [-0.3, -0.25) is 9.59 Å². The van der Waals surface area contributed by atoms with Crippen LogP contribution in [0.5, 0.6) is 103 Å². The molecule has 2 unspecified atom stereocenters. The van der Waals surface area contributed by atoms with Crippen LogP contribution < -0.4 is 50.1 Å². The van der Waals surface area contributed by atoms with Crippen molar-refractivity contribution in [1.29, 1.82) is 0 Å². The number of hydrogen-bond acceptors (Lipinski definition) is 22. The molecule has 0 saturated carbocycles. The molecule has 2 atom stereocenters. The fourth-order valence-corrected chi connectivity index (χ4v) is 15.7. The summed E-state index contributed by atoms with van der Waals surface area (Å²) in [6, 6.07) is 66.2. The molecule has 3 aliphatic heterocycles. The Morgan fingerprint density at radius 1 is 0.306 bits per heavy atom. The molecule has 14 aromatic carbocycles. The first-order valence-electron chi connectivity index (χ1n) is 40.2. The first-order valence-corrected chi connectivity index (χ1v) is 43.2. The highest BCUT2D eigenvalue weighted by atomic mass is 35.5. The molecule has 22 nitrogen and oxygen atoms in total. The van der Waals surface area contributed by atoms with Crippen LogP contribution in [0.25, 0.3) is 78.6 Å². The summed E-state index contributed by atoms with van der Waals surface area (Å²) in [5.41, 5.74) is 4.16. The number of aromatic hydroxyl groups is 6. The molecule has 8 N–H and O–H groups in total. The minimum Gasteiger partial charge on any atom is -0.504 e. The highest BCUT2D eigenvalue weighted by Gasteiger charge is 2.33. The number of carbonyl (C=O) groups is 3. The number of halogens is 8. The Bertz CT molecular complexity index is 7940. The molecule has 30 heteroatoms. The molecule has 16 aromatic rings. The second kappa shape index (κ2) is 39.2. The lowest BCUT2D eigenvalue weighted by atomic mass is 9.87. The van der Waals surface area contributed by atoms with E-state index in [4.69, 9.17) is 145 Å². The Labute approximate surface area is 798 Å². The van der Waals surface area contributed by atoms with E-state index in [0.717, 1.165) is 80.8 Å². The van der Waals surface area contributed by atoms with Gasteiger partial charge in [0.25, 0.3) is 0 Å². The number of rotatable bonds is 4. The zero-order chi connectivity index (χ0) is 94.8. The average molecular weight is 1950 g/mol. The van der Waals surface area contributed by atoms with Gasteiger partial charge in [-0.25, -0.2) is 14.4 Å². The standard InChI is InChI=1S/C20H12O2.C16H10Cl2O5.C16H8Cl2O4.C16H10Cl2O3.C16H8Cl2O2.C10H10O4.C10H8O2/c21-19-7-5-15-9-13(1-3-17(15)11-19)14-2-4-18-12-20(22)8-6-16(18)10-14;1-7-2-16(21)23-13-6-15(11(19)3-8(7)13)22-14-5-10(18)9(17)4-12(14)20;1-7-2-16(19)22-11-6-15-12(3-8(7)11)20-13-4-9(17)10(18)5-14(13)21-15;17-11-7-14(20)16(8-12(11)18)21-15-6-10-4-2-1-3-9(10)5-13(15)19;17-11-7-15-16(8-12(11)18)20-14-6-10-4-2-1-3-9(10)5-13(14)19-15;1-5-2-10(13)14-9-4-8(12)7(11)3-6(5)9;11-9-5-7-3-1-2-4-8(7)6-10(9)12/h1-12H;2-6,19-20H,1H3;2-6H,1H3;1-8,19-20H;1-8H;2-4,6,9,11-12H,1H3;1-6,11-12H/b14-13+;;;;;;. The number of fused-ring (bicyclic) bond motifs is 12. The van der Waals surface area contributed by atoms with Crippen LogP contribution in [-0.4, -0.2) is 64.5 Å². The number of carbonyl (C=O) groups excluding carboxylic acids is 3. The number of ketones is 2. The minimum absolute atomic E-state index is 0.0000564. The van der Waals surface area contributed by atoms with E-state index in [9.17, 15) is 54.6 Å². The van der Waals surface area contributed by atoms with Crippen molar-refractivity contribution in [3.63, 3.8) is 0 Å². The first kappa shape index (κ1) is 92.3.